The van der Waals surface area contributed by atoms with E-state index >= 15 is 0 Å². The van der Waals surface area contributed by atoms with Crippen LogP contribution in [-0.2, 0) is 16.1 Å². The van der Waals surface area contributed by atoms with Crippen molar-refractivity contribution in [1.82, 2.24) is 10.2 Å². The van der Waals surface area contributed by atoms with Crippen molar-refractivity contribution in [2.24, 2.45) is 0 Å². The molecule has 0 saturated heterocycles. The van der Waals surface area contributed by atoms with Gasteiger partial charge >= 0.3 is 0 Å². The fraction of sp³-hybridized carbons (Fsp3) is 0.333. The maximum atomic E-state index is 12.9. The second-order valence-corrected chi connectivity index (χ2v) is 7.75. The first-order valence-electron chi connectivity index (χ1n) is 8.92. The highest BCUT2D eigenvalue weighted by molar-refractivity contribution is 8.00. The van der Waals surface area contributed by atoms with Gasteiger partial charge in [-0.2, -0.15) is 0 Å². The minimum Gasteiger partial charge on any atom is -0.355 e. The number of rotatable bonds is 8. The Balaban J connectivity index is 2.14. The second kappa shape index (κ2) is 10.4. The molecule has 0 unspecified atom stereocenters. The van der Waals surface area contributed by atoms with E-state index in [0.29, 0.717) is 18.1 Å². The number of amides is 2. The zero-order valence-corrected chi connectivity index (χ0v) is 17.4. The molecule has 144 valence electrons. The average molecular weight is 405 g/mol. The van der Waals surface area contributed by atoms with Crippen molar-refractivity contribution in [3.63, 3.8) is 0 Å². The maximum Gasteiger partial charge on any atom is 0.242 e. The van der Waals surface area contributed by atoms with E-state index in [1.165, 1.54) is 11.8 Å². The standard InChI is InChI=1S/C21H25ClN2O2S/c1-4-23-21(26)16(3)24(13-17-8-6-5-7-15(17)2)20(25)14-27-19-11-9-18(22)10-12-19/h5-12,16H,4,13-14H2,1-3H3,(H,23,26)/t16-/m0/s1. The molecule has 0 aliphatic carbocycles. The normalized spacial score (nSPS) is 11.7. The number of carbonyl (C=O) groups is 2. The molecule has 0 fully saturated rings. The predicted octanol–water partition coefficient (Wildman–Crippen LogP) is 4.29. The van der Waals surface area contributed by atoms with Crippen molar-refractivity contribution in [3.05, 3.63) is 64.7 Å². The van der Waals surface area contributed by atoms with Gasteiger partial charge in [-0.1, -0.05) is 35.9 Å². The molecule has 0 spiro atoms. The quantitative estimate of drug-likeness (QED) is 0.667. The molecule has 2 rings (SSSR count). The number of likely N-dealkylation sites (N-methyl/N-ethyl adjacent to an activating group) is 1. The zero-order valence-electron chi connectivity index (χ0n) is 15.9. The highest BCUT2D eigenvalue weighted by Crippen LogP contribution is 2.22. The molecular weight excluding hydrogens is 380 g/mol. The maximum absolute atomic E-state index is 12.9. The third kappa shape index (κ3) is 6.29. The molecule has 0 radical (unpaired) electrons. The van der Waals surface area contributed by atoms with Gasteiger partial charge in [-0.15, -0.1) is 11.8 Å². The van der Waals surface area contributed by atoms with E-state index in [1.807, 2.05) is 50.2 Å². The third-order valence-corrected chi connectivity index (χ3v) is 5.54. The lowest BCUT2D eigenvalue weighted by atomic mass is 10.1. The SMILES string of the molecule is CCNC(=O)[C@H](C)N(Cc1ccccc1C)C(=O)CSc1ccc(Cl)cc1. The molecule has 2 aromatic carbocycles. The van der Waals surface area contributed by atoms with Gasteiger partial charge in [0.1, 0.15) is 6.04 Å². The Bertz CT molecular complexity index is 780. The fourth-order valence-corrected chi connectivity index (χ4v) is 3.54. The summed E-state index contributed by atoms with van der Waals surface area (Å²) in [5.74, 6) is 0.0462. The topological polar surface area (TPSA) is 49.4 Å². The van der Waals surface area contributed by atoms with E-state index in [-0.39, 0.29) is 17.6 Å². The summed E-state index contributed by atoms with van der Waals surface area (Å²) in [6.45, 7) is 6.60. The first kappa shape index (κ1) is 21.3. The van der Waals surface area contributed by atoms with Gasteiger partial charge in [0, 0.05) is 23.0 Å². The Morgan fingerprint density at radius 2 is 1.81 bits per heavy atom. The molecule has 0 aromatic heterocycles. The van der Waals surface area contributed by atoms with Gasteiger partial charge in [-0.3, -0.25) is 9.59 Å². The Labute approximate surface area is 170 Å². The fourth-order valence-electron chi connectivity index (χ4n) is 2.63. The number of carbonyl (C=O) groups excluding carboxylic acids is 2. The lowest BCUT2D eigenvalue weighted by Gasteiger charge is -2.29. The van der Waals surface area contributed by atoms with Crippen LogP contribution in [0.4, 0.5) is 0 Å². The summed E-state index contributed by atoms with van der Waals surface area (Å²) in [7, 11) is 0. The van der Waals surface area contributed by atoms with Crippen molar-refractivity contribution in [3.8, 4) is 0 Å². The van der Waals surface area contributed by atoms with Crippen molar-refractivity contribution >= 4 is 35.2 Å². The summed E-state index contributed by atoms with van der Waals surface area (Å²) in [5.41, 5.74) is 2.14. The van der Waals surface area contributed by atoms with E-state index in [1.54, 1.807) is 24.0 Å². The van der Waals surface area contributed by atoms with Gasteiger partial charge in [0.05, 0.1) is 5.75 Å². The smallest absolute Gasteiger partial charge is 0.242 e. The Hall–Kier alpha value is -1.98. The average Bonchev–Trinajstić information content (AvgIpc) is 2.66. The summed E-state index contributed by atoms with van der Waals surface area (Å²) in [6, 6.07) is 14.8. The summed E-state index contributed by atoms with van der Waals surface area (Å²) in [6.07, 6.45) is 0. The molecule has 4 nitrogen and oxygen atoms in total. The number of aryl methyl sites for hydroxylation is 1. The predicted molar refractivity (Wildman–Crippen MR) is 112 cm³/mol. The van der Waals surface area contributed by atoms with Crippen LogP contribution in [0.1, 0.15) is 25.0 Å². The van der Waals surface area contributed by atoms with Crippen molar-refractivity contribution in [2.45, 2.75) is 38.3 Å². The molecular formula is C21H25ClN2O2S. The number of benzene rings is 2. The van der Waals surface area contributed by atoms with Gasteiger partial charge in [0.25, 0.3) is 0 Å². The molecule has 6 heteroatoms. The van der Waals surface area contributed by atoms with Gasteiger partial charge in [0.15, 0.2) is 0 Å². The van der Waals surface area contributed by atoms with Gasteiger partial charge < -0.3 is 10.2 Å². The summed E-state index contributed by atoms with van der Waals surface area (Å²) < 4.78 is 0. The molecule has 0 aliphatic rings. The number of hydrogen-bond donors (Lipinski definition) is 1. The Morgan fingerprint density at radius 1 is 1.15 bits per heavy atom. The number of nitrogens with one attached hydrogen (secondary N) is 1. The van der Waals surface area contributed by atoms with Crippen molar-refractivity contribution < 1.29 is 9.59 Å². The van der Waals surface area contributed by atoms with Gasteiger partial charge in [-0.05, 0) is 56.2 Å². The lowest BCUT2D eigenvalue weighted by molar-refractivity contribution is -0.138. The molecule has 0 saturated carbocycles. The molecule has 2 amide bonds. The lowest BCUT2D eigenvalue weighted by Crippen LogP contribution is -2.48. The molecule has 0 heterocycles. The van der Waals surface area contributed by atoms with Crippen LogP contribution in [-0.4, -0.2) is 35.1 Å². The summed E-state index contributed by atoms with van der Waals surface area (Å²) in [5, 5.41) is 3.47. The molecule has 27 heavy (non-hydrogen) atoms. The third-order valence-electron chi connectivity index (χ3n) is 4.30. The molecule has 1 N–H and O–H groups in total. The van der Waals surface area contributed by atoms with Crippen LogP contribution < -0.4 is 5.32 Å². The van der Waals surface area contributed by atoms with E-state index < -0.39 is 6.04 Å². The molecule has 0 bridgehead atoms. The van der Waals surface area contributed by atoms with E-state index in [4.69, 9.17) is 11.6 Å². The Morgan fingerprint density at radius 3 is 2.44 bits per heavy atom. The molecule has 1 atom stereocenters. The molecule has 2 aromatic rings. The highest BCUT2D eigenvalue weighted by Gasteiger charge is 2.26. The molecule has 0 aliphatic heterocycles. The summed E-state index contributed by atoms with van der Waals surface area (Å²) >= 11 is 7.35. The largest absolute Gasteiger partial charge is 0.355 e. The van der Waals surface area contributed by atoms with E-state index in [2.05, 4.69) is 5.32 Å². The number of hydrogen-bond acceptors (Lipinski definition) is 3. The van der Waals surface area contributed by atoms with Crippen molar-refractivity contribution in [1.29, 1.82) is 0 Å². The van der Waals surface area contributed by atoms with Crippen LogP contribution in [0.5, 0.6) is 0 Å². The number of halogens is 1. The first-order valence-corrected chi connectivity index (χ1v) is 10.3. The minimum absolute atomic E-state index is 0.0723. The van der Waals surface area contributed by atoms with Crippen LogP contribution in [0, 0.1) is 6.92 Å². The van der Waals surface area contributed by atoms with E-state index in [0.717, 1.165) is 16.0 Å². The van der Waals surface area contributed by atoms with Gasteiger partial charge in [0.2, 0.25) is 11.8 Å². The summed E-state index contributed by atoms with van der Waals surface area (Å²) in [4.78, 5) is 27.9. The number of thioether (sulfide) groups is 1. The van der Waals surface area contributed by atoms with Crippen LogP contribution in [0.3, 0.4) is 0 Å². The minimum atomic E-state index is -0.539. The van der Waals surface area contributed by atoms with Crippen LogP contribution >= 0.6 is 23.4 Å². The first-order chi connectivity index (χ1) is 12.9. The monoisotopic (exact) mass is 404 g/mol. The second-order valence-electron chi connectivity index (χ2n) is 6.26. The van der Waals surface area contributed by atoms with Crippen molar-refractivity contribution in [2.75, 3.05) is 12.3 Å². The van der Waals surface area contributed by atoms with Crippen LogP contribution in [0.15, 0.2) is 53.4 Å². The van der Waals surface area contributed by atoms with E-state index in [9.17, 15) is 9.59 Å². The Kier molecular flexibility index (Phi) is 8.20. The zero-order chi connectivity index (χ0) is 19.8. The van der Waals surface area contributed by atoms with Crippen LogP contribution in [0.25, 0.3) is 0 Å². The van der Waals surface area contributed by atoms with Crippen LogP contribution in [0.2, 0.25) is 5.02 Å². The van der Waals surface area contributed by atoms with Gasteiger partial charge in [-0.25, -0.2) is 0 Å². The highest BCUT2D eigenvalue weighted by atomic mass is 35.5. The number of nitrogens with zero attached hydrogens (tertiary/aromatic N) is 1.